The second kappa shape index (κ2) is 5.80. The molecule has 1 saturated carbocycles. The first-order valence-electron chi connectivity index (χ1n) is 7.35. The van der Waals surface area contributed by atoms with Gasteiger partial charge in [0.1, 0.15) is 5.54 Å². The number of rotatable bonds is 2. The molecule has 1 aliphatic carbocycles. The molecule has 1 aliphatic heterocycles. The SMILES string of the molecule is CC1(C(=O)O)CCCN1C(=O)NC1CCCCCC1. The molecule has 1 atom stereocenters. The first kappa shape index (κ1) is 14.2. The van der Waals surface area contributed by atoms with Crippen molar-refractivity contribution in [3.63, 3.8) is 0 Å². The Labute approximate surface area is 114 Å². The number of carboxylic acids is 1. The Bertz CT molecular complexity index is 351. The van der Waals surface area contributed by atoms with E-state index in [4.69, 9.17) is 0 Å². The molecule has 0 aromatic rings. The van der Waals surface area contributed by atoms with Crippen LogP contribution in [0.4, 0.5) is 4.79 Å². The van der Waals surface area contributed by atoms with Crippen LogP contribution in [0.15, 0.2) is 0 Å². The summed E-state index contributed by atoms with van der Waals surface area (Å²) in [5.74, 6) is -0.902. The maximum atomic E-state index is 12.3. The molecule has 0 bridgehead atoms. The Hall–Kier alpha value is -1.26. The predicted octanol–water partition coefficient (Wildman–Crippen LogP) is 2.36. The van der Waals surface area contributed by atoms with Crippen molar-refractivity contribution in [3.05, 3.63) is 0 Å². The highest BCUT2D eigenvalue weighted by Gasteiger charge is 2.46. The smallest absolute Gasteiger partial charge is 0.329 e. The molecule has 0 radical (unpaired) electrons. The van der Waals surface area contributed by atoms with Gasteiger partial charge in [-0.25, -0.2) is 9.59 Å². The standard InChI is InChI=1S/C14H24N2O3/c1-14(12(17)18)9-6-10-16(14)13(19)15-11-7-4-2-3-5-8-11/h11H,2-10H2,1H3,(H,15,19)(H,17,18). The van der Waals surface area contributed by atoms with E-state index < -0.39 is 11.5 Å². The van der Waals surface area contributed by atoms with E-state index in [-0.39, 0.29) is 12.1 Å². The minimum Gasteiger partial charge on any atom is -0.480 e. The Balaban J connectivity index is 1.97. The fourth-order valence-corrected chi connectivity index (χ4v) is 3.19. The van der Waals surface area contributed by atoms with Gasteiger partial charge in [-0.15, -0.1) is 0 Å². The molecule has 1 heterocycles. The molecule has 0 aromatic carbocycles. The fraction of sp³-hybridized carbons (Fsp3) is 0.857. The number of carbonyl (C=O) groups excluding carboxylic acids is 1. The summed E-state index contributed by atoms with van der Waals surface area (Å²) in [5.41, 5.74) is -1.03. The molecule has 1 unspecified atom stereocenters. The number of carboxylic acid groups (broad SMARTS) is 1. The van der Waals surface area contributed by atoms with Crippen molar-refractivity contribution >= 4 is 12.0 Å². The van der Waals surface area contributed by atoms with Crippen LogP contribution in [0, 0.1) is 0 Å². The second-order valence-corrected chi connectivity index (χ2v) is 5.97. The van der Waals surface area contributed by atoms with Crippen molar-refractivity contribution < 1.29 is 14.7 Å². The van der Waals surface area contributed by atoms with E-state index in [1.807, 2.05) is 0 Å². The van der Waals surface area contributed by atoms with Gasteiger partial charge in [-0.3, -0.25) is 0 Å². The highest BCUT2D eigenvalue weighted by Crippen LogP contribution is 2.29. The summed E-state index contributed by atoms with van der Waals surface area (Å²) in [6.45, 7) is 2.19. The molecule has 2 fully saturated rings. The molecule has 1 saturated heterocycles. The zero-order valence-corrected chi connectivity index (χ0v) is 11.7. The van der Waals surface area contributed by atoms with Crippen LogP contribution in [0.5, 0.6) is 0 Å². The third kappa shape index (κ3) is 3.01. The molecule has 0 spiro atoms. The average Bonchev–Trinajstić information content (AvgIpc) is 2.59. The Morgan fingerprint density at radius 3 is 2.37 bits per heavy atom. The van der Waals surface area contributed by atoms with Gasteiger partial charge in [-0.2, -0.15) is 0 Å². The van der Waals surface area contributed by atoms with Crippen LogP contribution >= 0.6 is 0 Å². The summed E-state index contributed by atoms with van der Waals surface area (Å²) in [7, 11) is 0. The van der Waals surface area contributed by atoms with Crippen molar-refractivity contribution in [2.75, 3.05) is 6.54 Å². The highest BCUT2D eigenvalue weighted by molar-refractivity contribution is 5.86. The number of hydrogen-bond acceptors (Lipinski definition) is 2. The van der Waals surface area contributed by atoms with Crippen LogP contribution in [0.2, 0.25) is 0 Å². The predicted molar refractivity (Wildman–Crippen MR) is 72.0 cm³/mol. The molecular weight excluding hydrogens is 244 g/mol. The van der Waals surface area contributed by atoms with Crippen LogP contribution in [-0.2, 0) is 4.79 Å². The highest BCUT2D eigenvalue weighted by atomic mass is 16.4. The van der Waals surface area contributed by atoms with E-state index in [1.165, 1.54) is 17.7 Å². The van der Waals surface area contributed by atoms with Gasteiger partial charge in [-0.05, 0) is 32.6 Å². The zero-order valence-electron chi connectivity index (χ0n) is 11.7. The average molecular weight is 268 g/mol. The minimum atomic E-state index is -1.03. The van der Waals surface area contributed by atoms with Gasteiger partial charge in [0.25, 0.3) is 0 Å². The molecule has 2 amide bonds. The van der Waals surface area contributed by atoms with E-state index in [2.05, 4.69) is 5.32 Å². The Morgan fingerprint density at radius 1 is 1.16 bits per heavy atom. The van der Waals surface area contributed by atoms with Crippen LogP contribution < -0.4 is 5.32 Å². The number of nitrogens with zero attached hydrogens (tertiary/aromatic N) is 1. The molecule has 108 valence electrons. The van der Waals surface area contributed by atoms with Gasteiger partial charge in [0, 0.05) is 12.6 Å². The summed E-state index contributed by atoms with van der Waals surface area (Å²) >= 11 is 0. The van der Waals surface area contributed by atoms with E-state index in [0.717, 1.165) is 32.1 Å². The topological polar surface area (TPSA) is 69.6 Å². The minimum absolute atomic E-state index is 0.200. The van der Waals surface area contributed by atoms with Gasteiger partial charge < -0.3 is 15.3 Å². The Morgan fingerprint density at radius 2 is 1.79 bits per heavy atom. The number of urea groups is 1. The summed E-state index contributed by atoms with van der Waals surface area (Å²) in [4.78, 5) is 25.2. The Kier molecular flexibility index (Phi) is 4.32. The molecule has 5 nitrogen and oxygen atoms in total. The van der Waals surface area contributed by atoms with Crippen LogP contribution in [0.25, 0.3) is 0 Å². The molecular formula is C14H24N2O3. The van der Waals surface area contributed by atoms with Gasteiger partial charge >= 0.3 is 12.0 Å². The van der Waals surface area contributed by atoms with E-state index in [0.29, 0.717) is 13.0 Å². The molecule has 2 aliphatic rings. The first-order valence-corrected chi connectivity index (χ1v) is 7.35. The zero-order chi connectivity index (χ0) is 13.9. The molecule has 0 aromatic heterocycles. The second-order valence-electron chi connectivity index (χ2n) is 5.97. The van der Waals surface area contributed by atoms with Gasteiger partial charge in [0.05, 0.1) is 0 Å². The lowest BCUT2D eigenvalue weighted by Gasteiger charge is -2.32. The lowest BCUT2D eigenvalue weighted by molar-refractivity contribution is -0.147. The molecule has 2 rings (SSSR count). The normalized spacial score (nSPS) is 29.0. The first-order chi connectivity index (χ1) is 9.04. The van der Waals surface area contributed by atoms with E-state index in [9.17, 15) is 14.7 Å². The van der Waals surface area contributed by atoms with Gasteiger partial charge in [0.15, 0.2) is 0 Å². The number of carbonyl (C=O) groups is 2. The number of amides is 2. The van der Waals surface area contributed by atoms with Crippen molar-refractivity contribution in [3.8, 4) is 0 Å². The van der Waals surface area contributed by atoms with E-state index >= 15 is 0 Å². The summed E-state index contributed by atoms with van der Waals surface area (Å²) in [6.07, 6.45) is 8.13. The van der Waals surface area contributed by atoms with E-state index in [1.54, 1.807) is 6.92 Å². The van der Waals surface area contributed by atoms with Gasteiger partial charge in [-0.1, -0.05) is 25.7 Å². The number of aliphatic carboxylic acids is 1. The van der Waals surface area contributed by atoms with Crippen molar-refractivity contribution in [2.45, 2.75) is 69.9 Å². The van der Waals surface area contributed by atoms with Crippen molar-refractivity contribution in [2.24, 2.45) is 0 Å². The largest absolute Gasteiger partial charge is 0.480 e. The number of likely N-dealkylation sites (tertiary alicyclic amines) is 1. The van der Waals surface area contributed by atoms with Crippen LogP contribution in [-0.4, -0.2) is 40.1 Å². The quantitative estimate of drug-likeness (QED) is 0.755. The van der Waals surface area contributed by atoms with Crippen LogP contribution in [0.3, 0.4) is 0 Å². The van der Waals surface area contributed by atoms with Gasteiger partial charge in [0.2, 0.25) is 0 Å². The molecule has 5 heteroatoms. The summed E-state index contributed by atoms with van der Waals surface area (Å²) in [5, 5.41) is 12.4. The number of nitrogens with one attached hydrogen (secondary N) is 1. The van der Waals surface area contributed by atoms with Crippen molar-refractivity contribution in [1.82, 2.24) is 10.2 Å². The van der Waals surface area contributed by atoms with Crippen LogP contribution in [0.1, 0.15) is 58.3 Å². The third-order valence-electron chi connectivity index (χ3n) is 4.53. The molecule has 2 N–H and O–H groups in total. The molecule has 19 heavy (non-hydrogen) atoms. The monoisotopic (exact) mass is 268 g/mol. The summed E-state index contributed by atoms with van der Waals surface area (Å²) in [6, 6.07) is 0.0166. The third-order valence-corrected chi connectivity index (χ3v) is 4.53. The number of hydrogen-bond donors (Lipinski definition) is 2. The van der Waals surface area contributed by atoms with Crippen molar-refractivity contribution in [1.29, 1.82) is 0 Å². The lowest BCUT2D eigenvalue weighted by atomic mass is 9.99. The maximum absolute atomic E-state index is 12.3. The maximum Gasteiger partial charge on any atom is 0.329 e. The lowest BCUT2D eigenvalue weighted by Crippen LogP contribution is -2.55. The summed E-state index contributed by atoms with van der Waals surface area (Å²) < 4.78 is 0. The fourth-order valence-electron chi connectivity index (χ4n) is 3.19.